The number of hydrogen-bond acceptors (Lipinski definition) is 6. The minimum Gasteiger partial charge on any atom is -0.507 e. The van der Waals surface area contributed by atoms with E-state index in [9.17, 15) is 24.6 Å². The maximum Gasteiger partial charge on any atom is 0.342 e. The number of phenols is 2. The number of rotatable bonds is 0. The van der Waals surface area contributed by atoms with Crippen LogP contribution in [0.15, 0.2) is 18.2 Å². The summed E-state index contributed by atoms with van der Waals surface area (Å²) in [6, 6.07) is 0.918. The number of phenolic OH excluding ortho intramolecular Hbond substituents is 2. The highest BCUT2D eigenvalue weighted by atomic mass is 35.5. The topological polar surface area (TPSA) is 101 Å². The smallest absolute Gasteiger partial charge is 0.342 e. The number of hydrogen-bond donors (Lipinski definition) is 2. The first-order valence-electron chi connectivity index (χ1n) is 7.95. The summed E-state index contributed by atoms with van der Waals surface area (Å²) in [5.41, 5.74) is -0.282. The molecule has 0 bridgehead atoms. The van der Waals surface area contributed by atoms with E-state index >= 15 is 0 Å². The Morgan fingerprint density at radius 2 is 1.92 bits per heavy atom. The van der Waals surface area contributed by atoms with Gasteiger partial charge in [-0.25, -0.2) is 4.79 Å². The van der Waals surface area contributed by atoms with Crippen molar-refractivity contribution >= 4 is 29.1 Å². The van der Waals surface area contributed by atoms with Crippen molar-refractivity contribution in [1.82, 2.24) is 0 Å². The summed E-state index contributed by atoms with van der Waals surface area (Å²) in [6.07, 6.45) is 3.60. The monoisotopic (exact) mass is 366 g/mol. The molecule has 2 N–H and O–H groups in total. The summed E-state index contributed by atoms with van der Waals surface area (Å²) in [5.74, 6) is -2.28. The molecular formula is C18H19ClO6. The van der Waals surface area contributed by atoms with Gasteiger partial charge in [-0.3, -0.25) is 9.59 Å². The van der Waals surface area contributed by atoms with E-state index in [0.717, 1.165) is 6.07 Å². The van der Waals surface area contributed by atoms with Gasteiger partial charge in [0.05, 0.1) is 5.02 Å². The highest BCUT2D eigenvalue weighted by Gasteiger charge is 2.26. The molecule has 0 spiro atoms. The van der Waals surface area contributed by atoms with E-state index in [2.05, 4.69) is 0 Å². The summed E-state index contributed by atoms with van der Waals surface area (Å²) >= 11 is 6.03. The standard InChI is InChI=1S/C18H19ClO6/c1-10-7-11(20)5-3-2-4-6-12(21)8-13-16(18(24)25-10)14(22)9-15(23)17(13)19/h4,6,9-10,22-23H,2-3,5,7-8H2,1H3/b6-4+/t10-/m1/s1. The normalized spacial score (nSPS) is 21.2. The van der Waals surface area contributed by atoms with Crippen molar-refractivity contribution in [3.05, 3.63) is 34.4 Å². The van der Waals surface area contributed by atoms with Crippen LogP contribution < -0.4 is 0 Å². The third kappa shape index (κ3) is 4.82. The zero-order valence-electron chi connectivity index (χ0n) is 13.8. The maximum atomic E-state index is 12.4. The van der Waals surface area contributed by atoms with Crippen LogP contribution in [-0.2, 0) is 20.7 Å². The van der Waals surface area contributed by atoms with Crippen LogP contribution >= 0.6 is 11.6 Å². The predicted molar refractivity (Wildman–Crippen MR) is 91.0 cm³/mol. The van der Waals surface area contributed by atoms with Crippen LogP contribution in [0.2, 0.25) is 5.02 Å². The van der Waals surface area contributed by atoms with E-state index in [1.165, 1.54) is 6.08 Å². The van der Waals surface area contributed by atoms with Crippen LogP contribution in [-0.4, -0.2) is 33.9 Å². The average Bonchev–Trinajstić information content (AvgIpc) is 2.50. The largest absolute Gasteiger partial charge is 0.507 e. The molecule has 25 heavy (non-hydrogen) atoms. The van der Waals surface area contributed by atoms with Gasteiger partial charge >= 0.3 is 5.97 Å². The van der Waals surface area contributed by atoms with Gasteiger partial charge in [0.15, 0.2) is 5.78 Å². The minimum atomic E-state index is -0.900. The Bertz CT molecular complexity index is 738. The third-order valence-electron chi connectivity index (χ3n) is 3.83. The van der Waals surface area contributed by atoms with Crippen LogP contribution in [0.4, 0.5) is 0 Å². The summed E-state index contributed by atoms with van der Waals surface area (Å²) < 4.78 is 5.21. The van der Waals surface area contributed by atoms with Crippen molar-refractivity contribution in [2.24, 2.45) is 0 Å². The molecule has 0 aromatic heterocycles. The van der Waals surface area contributed by atoms with Crippen LogP contribution in [0.25, 0.3) is 0 Å². The van der Waals surface area contributed by atoms with Crippen LogP contribution in [0.1, 0.15) is 48.5 Å². The molecule has 0 saturated heterocycles. The zero-order valence-corrected chi connectivity index (χ0v) is 14.5. The van der Waals surface area contributed by atoms with Gasteiger partial charge in [-0.2, -0.15) is 0 Å². The number of esters is 1. The van der Waals surface area contributed by atoms with Gasteiger partial charge in [0.25, 0.3) is 0 Å². The number of halogens is 1. The van der Waals surface area contributed by atoms with E-state index in [1.54, 1.807) is 13.0 Å². The van der Waals surface area contributed by atoms with E-state index < -0.39 is 23.6 Å². The van der Waals surface area contributed by atoms with Crippen molar-refractivity contribution in [3.63, 3.8) is 0 Å². The summed E-state index contributed by atoms with van der Waals surface area (Å²) in [5, 5.41) is 19.6. The first-order valence-corrected chi connectivity index (χ1v) is 8.32. The van der Waals surface area contributed by atoms with Gasteiger partial charge < -0.3 is 14.9 Å². The van der Waals surface area contributed by atoms with E-state index in [1.807, 2.05) is 0 Å². The molecule has 1 aromatic carbocycles. The number of carbonyl (C=O) groups is 3. The molecule has 1 aromatic rings. The molecule has 6 nitrogen and oxygen atoms in total. The number of cyclic esters (lactones) is 1. The van der Waals surface area contributed by atoms with Gasteiger partial charge in [-0.15, -0.1) is 0 Å². The Labute approximate surface area is 150 Å². The summed E-state index contributed by atoms with van der Waals surface area (Å²) in [6.45, 7) is 1.57. The predicted octanol–water partition coefficient (Wildman–Crippen LogP) is 3.11. The van der Waals surface area contributed by atoms with Gasteiger partial charge in [-0.1, -0.05) is 17.7 Å². The number of ketones is 2. The first kappa shape index (κ1) is 19.0. The number of fused-ring (bicyclic) bond motifs is 1. The number of carbonyl (C=O) groups excluding carboxylic acids is 3. The molecule has 0 aliphatic carbocycles. The van der Waals surface area contributed by atoms with Gasteiger partial charge in [-0.05, 0) is 25.8 Å². The number of benzene rings is 1. The van der Waals surface area contributed by atoms with Crippen molar-refractivity contribution in [1.29, 1.82) is 0 Å². The zero-order chi connectivity index (χ0) is 18.6. The Hall–Kier alpha value is -2.34. The Kier molecular flexibility index (Phi) is 6.20. The molecular weight excluding hydrogens is 348 g/mol. The summed E-state index contributed by atoms with van der Waals surface area (Å²) in [4.78, 5) is 36.4. The fraction of sp³-hybridized carbons (Fsp3) is 0.389. The first-order chi connectivity index (χ1) is 11.8. The van der Waals surface area contributed by atoms with Crippen molar-refractivity contribution < 1.29 is 29.3 Å². The average molecular weight is 367 g/mol. The van der Waals surface area contributed by atoms with E-state index in [-0.39, 0.29) is 40.6 Å². The number of ether oxygens (including phenoxy) is 1. The number of aromatic hydroxyl groups is 2. The van der Waals surface area contributed by atoms with Gasteiger partial charge in [0.2, 0.25) is 0 Å². The molecule has 134 valence electrons. The lowest BCUT2D eigenvalue weighted by Crippen LogP contribution is -2.20. The lowest BCUT2D eigenvalue weighted by atomic mass is 9.99. The second kappa shape index (κ2) is 8.16. The Morgan fingerprint density at radius 1 is 1.20 bits per heavy atom. The molecule has 0 unspecified atom stereocenters. The lowest BCUT2D eigenvalue weighted by Gasteiger charge is -2.17. The van der Waals surface area contributed by atoms with Crippen LogP contribution in [0.3, 0.4) is 0 Å². The van der Waals surface area contributed by atoms with Crippen LogP contribution in [0.5, 0.6) is 11.5 Å². The number of Topliss-reactive ketones (excluding diaryl/α,β-unsaturated/α-hetero) is 1. The highest BCUT2D eigenvalue weighted by molar-refractivity contribution is 6.33. The van der Waals surface area contributed by atoms with E-state index in [4.69, 9.17) is 16.3 Å². The van der Waals surface area contributed by atoms with Gasteiger partial charge in [0.1, 0.15) is 28.9 Å². The highest BCUT2D eigenvalue weighted by Crippen LogP contribution is 2.37. The molecule has 1 aliphatic heterocycles. The fourth-order valence-electron chi connectivity index (χ4n) is 2.65. The molecule has 0 amide bonds. The SMILES string of the molecule is C[C@@H]1CC(=O)CCC/C=C/C(=O)Cc2c(Cl)c(O)cc(O)c2C(=O)O1. The maximum absolute atomic E-state index is 12.4. The second-order valence-corrected chi connectivity index (χ2v) is 6.36. The fourth-order valence-corrected chi connectivity index (χ4v) is 2.86. The molecule has 1 heterocycles. The molecule has 1 aliphatic rings. The van der Waals surface area contributed by atoms with Crippen molar-refractivity contribution in [2.45, 2.75) is 45.1 Å². The quantitative estimate of drug-likeness (QED) is 0.684. The Balaban J connectivity index is 2.47. The molecule has 0 radical (unpaired) electrons. The van der Waals surface area contributed by atoms with E-state index in [0.29, 0.717) is 19.3 Å². The summed E-state index contributed by atoms with van der Waals surface area (Å²) in [7, 11) is 0. The molecule has 0 fully saturated rings. The lowest BCUT2D eigenvalue weighted by molar-refractivity contribution is -0.120. The minimum absolute atomic E-state index is 0.00518. The molecule has 7 heteroatoms. The van der Waals surface area contributed by atoms with Crippen molar-refractivity contribution in [3.8, 4) is 11.5 Å². The Morgan fingerprint density at radius 3 is 2.64 bits per heavy atom. The molecule has 0 saturated carbocycles. The van der Waals surface area contributed by atoms with Gasteiger partial charge in [0, 0.05) is 30.9 Å². The third-order valence-corrected chi connectivity index (χ3v) is 4.25. The molecule has 1 atom stereocenters. The van der Waals surface area contributed by atoms with Crippen molar-refractivity contribution in [2.75, 3.05) is 0 Å². The van der Waals surface area contributed by atoms with Crippen LogP contribution in [0, 0.1) is 0 Å². The second-order valence-electron chi connectivity index (χ2n) is 5.98. The number of allylic oxidation sites excluding steroid dienone is 2. The molecule has 2 rings (SSSR count).